The highest BCUT2D eigenvalue weighted by atomic mass is 19.1. The van der Waals surface area contributed by atoms with Gasteiger partial charge in [0.2, 0.25) is 0 Å². The highest BCUT2D eigenvalue weighted by Crippen LogP contribution is 2.23. The number of Topliss-reactive ketones (excluding diaryl/α,β-unsaturated/α-hetero) is 1. The van der Waals surface area contributed by atoms with Crippen molar-refractivity contribution < 1.29 is 13.9 Å². The zero-order valence-corrected chi connectivity index (χ0v) is 8.56. The molecule has 0 saturated heterocycles. The Morgan fingerprint density at radius 3 is 2.64 bits per heavy atom. The molecule has 1 aromatic rings. The molecule has 0 bridgehead atoms. The fourth-order valence-corrected chi connectivity index (χ4v) is 1.31. The molecule has 0 radical (unpaired) electrons. The Morgan fingerprint density at radius 1 is 1.50 bits per heavy atom. The van der Waals surface area contributed by atoms with Crippen LogP contribution in [0.4, 0.5) is 4.39 Å². The minimum atomic E-state index is -0.445. The van der Waals surface area contributed by atoms with E-state index in [2.05, 4.69) is 0 Å². The van der Waals surface area contributed by atoms with Gasteiger partial charge in [-0.15, -0.1) is 0 Å². The van der Waals surface area contributed by atoms with Crippen LogP contribution in [0.25, 0.3) is 0 Å². The van der Waals surface area contributed by atoms with Gasteiger partial charge in [-0.1, -0.05) is 0 Å². The molecule has 0 unspecified atom stereocenters. The van der Waals surface area contributed by atoms with E-state index in [-0.39, 0.29) is 11.5 Å². The average Bonchev–Trinajstić information content (AvgIpc) is 2.13. The van der Waals surface area contributed by atoms with Gasteiger partial charge in [0.1, 0.15) is 0 Å². The summed E-state index contributed by atoms with van der Waals surface area (Å²) >= 11 is 0. The van der Waals surface area contributed by atoms with Crippen molar-refractivity contribution in [3.63, 3.8) is 0 Å². The third-order valence-corrected chi connectivity index (χ3v) is 2.03. The lowest BCUT2D eigenvalue weighted by atomic mass is 10.0. The van der Waals surface area contributed by atoms with Crippen LogP contribution in [0.5, 0.6) is 5.75 Å². The smallest absolute Gasteiger partial charge is 0.168 e. The van der Waals surface area contributed by atoms with Gasteiger partial charge in [-0.2, -0.15) is 0 Å². The minimum Gasteiger partial charge on any atom is -0.491 e. The second-order valence-electron chi connectivity index (χ2n) is 3.04. The topological polar surface area (TPSA) is 26.3 Å². The first-order valence-electron chi connectivity index (χ1n) is 4.50. The van der Waals surface area contributed by atoms with Crippen molar-refractivity contribution in [2.75, 3.05) is 6.61 Å². The molecule has 0 aliphatic rings. The van der Waals surface area contributed by atoms with Crippen LogP contribution in [0.3, 0.4) is 0 Å². The maximum atomic E-state index is 13.5. The second kappa shape index (κ2) is 4.22. The van der Waals surface area contributed by atoms with Crippen LogP contribution < -0.4 is 4.74 Å². The van der Waals surface area contributed by atoms with E-state index in [1.54, 1.807) is 19.9 Å². The predicted octanol–water partition coefficient (Wildman–Crippen LogP) is 2.74. The first kappa shape index (κ1) is 10.7. The van der Waals surface area contributed by atoms with E-state index in [9.17, 15) is 9.18 Å². The molecule has 0 aliphatic heterocycles. The molecular weight excluding hydrogens is 183 g/mol. The summed E-state index contributed by atoms with van der Waals surface area (Å²) in [6, 6.07) is 3.08. The fourth-order valence-electron chi connectivity index (χ4n) is 1.31. The third kappa shape index (κ3) is 1.92. The van der Waals surface area contributed by atoms with Crippen molar-refractivity contribution in [1.82, 2.24) is 0 Å². The molecule has 0 spiro atoms. The number of carbonyl (C=O) groups is 1. The van der Waals surface area contributed by atoms with Gasteiger partial charge in [0.25, 0.3) is 0 Å². The summed E-state index contributed by atoms with van der Waals surface area (Å²) in [6.45, 7) is 5.19. The van der Waals surface area contributed by atoms with E-state index in [1.165, 1.54) is 13.0 Å². The van der Waals surface area contributed by atoms with E-state index in [1.807, 2.05) is 0 Å². The van der Waals surface area contributed by atoms with Crippen molar-refractivity contribution in [1.29, 1.82) is 0 Å². The van der Waals surface area contributed by atoms with Crippen LogP contribution in [-0.2, 0) is 0 Å². The molecule has 1 aromatic carbocycles. The van der Waals surface area contributed by atoms with E-state index in [4.69, 9.17) is 4.74 Å². The Morgan fingerprint density at radius 2 is 2.14 bits per heavy atom. The summed E-state index contributed by atoms with van der Waals surface area (Å²) in [5.74, 6) is -0.376. The molecule has 1 rings (SSSR count). The first-order chi connectivity index (χ1) is 6.57. The first-order valence-corrected chi connectivity index (χ1v) is 4.50. The summed E-state index contributed by atoms with van der Waals surface area (Å²) in [5.41, 5.74) is 0.759. The highest BCUT2D eigenvalue weighted by Gasteiger charge is 2.12. The van der Waals surface area contributed by atoms with Gasteiger partial charge in [-0.3, -0.25) is 4.79 Å². The van der Waals surface area contributed by atoms with Gasteiger partial charge < -0.3 is 4.74 Å². The second-order valence-corrected chi connectivity index (χ2v) is 3.04. The van der Waals surface area contributed by atoms with Crippen molar-refractivity contribution in [2.45, 2.75) is 20.8 Å². The van der Waals surface area contributed by atoms with Gasteiger partial charge in [0.05, 0.1) is 6.61 Å². The van der Waals surface area contributed by atoms with Crippen molar-refractivity contribution in [3.05, 3.63) is 29.1 Å². The maximum Gasteiger partial charge on any atom is 0.168 e. The number of ketones is 1. The molecule has 0 atom stereocenters. The number of hydrogen-bond acceptors (Lipinski definition) is 2. The van der Waals surface area contributed by atoms with Crippen molar-refractivity contribution >= 4 is 5.78 Å². The molecule has 3 heteroatoms. The Labute approximate surface area is 82.7 Å². The summed E-state index contributed by atoms with van der Waals surface area (Å²) in [6.07, 6.45) is 0. The van der Waals surface area contributed by atoms with Gasteiger partial charge in [-0.25, -0.2) is 4.39 Å². The van der Waals surface area contributed by atoms with Gasteiger partial charge in [0, 0.05) is 5.56 Å². The number of carbonyl (C=O) groups excluding carboxylic acids is 1. The Hall–Kier alpha value is -1.38. The summed E-state index contributed by atoms with van der Waals surface area (Å²) in [5, 5.41) is 0. The Kier molecular flexibility index (Phi) is 3.23. The lowest BCUT2D eigenvalue weighted by Gasteiger charge is -2.08. The monoisotopic (exact) mass is 196 g/mol. The number of ether oxygens (including phenoxy) is 1. The van der Waals surface area contributed by atoms with Crippen LogP contribution in [-0.4, -0.2) is 12.4 Å². The van der Waals surface area contributed by atoms with Crippen LogP contribution >= 0.6 is 0 Å². The summed E-state index contributed by atoms with van der Waals surface area (Å²) in [7, 11) is 0. The average molecular weight is 196 g/mol. The highest BCUT2D eigenvalue weighted by molar-refractivity contribution is 5.95. The molecule has 2 nitrogen and oxygen atoms in total. The number of halogens is 1. The number of benzene rings is 1. The van der Waals surface area contributed by atoms with E-state index >= 15 is 0 Å². The molecule has 14 heavy (non-hydrogen) atoms. The molecule has 0 N–H and O–H groups in total. The van der Waals surface area contributed by atoms with Crippen LogP contribution in [0.2, 0.25) is 0 Å². The molecule has 0 aromatic heterocycles. The summed E-state index contributed by atoms with van der Waals surface area (Å²) in [4.78, 5) is 11.1. The van der Waals surface area contributed by atoms with E-state index < -0.39 is 5.82 Å². The van der Waals surface area contributed by atoms with Gasteiger partial charge in [-0.05, 0) is 38.5 Å². The van der Waals surface area contributed by atoms with Gasteiger partial charge in [0.15, 0.2) is 17.3 Å². The standard InChI is InChI=1S/C11H13FO2/c1-4-14-10-6-5-9(8(3)13)7(2)11(10)12/h5-6H,4H2,1-3H3. The van der Waals surface area contributed by atoms with Gasteiger partial charge >= 0.3 is 0 Å². The van der Waals surface area contributed by atoms with E-state index in [0.29, 0.717) is 17.7 Å². The molecular formula is C11H13FO2. The molecule has 0 fully saturated rings. The lowest BCUT2D eigenvalue weighted by Crippen LogP contribution is -2.02. The predicted molar refractivity (Wildman–Crippen MR) is 52.3 cm³/mol. The minimum absolute atomic E-state index is 0.135. The molecule has 76 valence electrons. The number of hydrogen-bond donors (Lipinski definition) is 0. The zero-order chi connectivity index (χ0) is 10.7. The molecule has 0 amide bonds. The Bertz CT molecular complexity index is 359. The van der Waals surface area contributed by atoms with E-state index in [0.717, 1.165) is 0 Å². The zero-order valence-electron chi connectivity index (χ0n) is 8.56. The van der Waals surface area contributed by atoms with Crippen molar-refractivity contribution in [2.24, 2.45) is 0 Å². The Balaban J connectivity index is 3.19. The largest absolute Gasteiger partial charge is 0.491 e. The van der Waals surface area contributed by atoms with Crippen molar-refractivity contribution in [3.8, 4) is 5.75 Å². The molecule has 0 heterocycles. The van der Waals surface area contributed by atoms with Crippen LogP contribution in [0, 0.1) is 12.7 Å². The van der Waals surface area contributed by atoms with Crippen LogP contribution in [0.1, 0.15) is 29.8 Å². The SMILES string of the molecule is CCOc1ccc(C(C)=O)c(C)c1F. The third-order valence-electron chi connectivity index (χ3n) is 2.03. The molecule has 0 aliphatic carbocycles. The maximum absolute atomic E-state index is 13.5. The van der Waals surface area contributed by atoms with Crippen LogP contribution in [0.15, 0.2) is 12.1 Å². The molecule has 0 saturated carbocycles. The normalized spacial score (nSPS) is 10.0. The summed E-state index contributed by atoms with van der Waals surface area (Å²) < 4.78 is 18.6. The quantitative estimate of drug-likeness (QED) is 0.695. The number of rotatable bonds is 3. The lowest BCUT2D eigenvalue weighted by molar-refractivity contribution is 0.101. The fraction of sp³-hybridized carbons (Fsp3) is 0.364.